The minimum atomic E-state index is -0.478. The van der Waals surface area contributed by atoms with Gasteiger partial charge in [0.2, 0.25) is 5.91 Å². The van der Waals surface area contributed by atoms with Crippen LogP contribution in [0.25, 0.3) is 0 Å². The molecule has 0 aromatic heterocycles. The zero-order valence-corrected chi connectivity index (χ0v) is 11.5. The number of hydrogen-bond acceptors (Lipinski definition) is 3. The summed E-state index contributed by atoms with van der Waals surface area (Å²) in [6.07, 6.45) is 0. The molecular weight excluding hydrogens is 228 g/mol. The van der Waals surface area contributed by atoms with E-state index < -0.39 is 6.04 Å². The van der Waals surface area contributed by atoms with E-state index in [4.69, 9.17) is 10.5 Å². The number of rotatable bonds is 5. The molecule has 1 aromatic rings. The fourth-order valence-electron chi connectivity index (χ4n) is 1.59. The van der Waals surface area contributed by atoms with Gasteiger partial charge in [-0.05, 0) is 50.5 Å². The summed E-state index contributed by atoms with van der Waals surface area (Å²) in [4.78, 5) is 11.2. The van der Waals surface area contributed by atoms with E-state index in [1.807, 2.05) is 13.0 Å². The molecule has 3 N–H and O–H groups in total. The molecule has 1 rings (SSSR count). The van der Waals surface area contributed by atoms with Crippen LogP contribution >= 0.6 is 0 Å². The molecule has 0 spiro atoms. The van der Waals surface area contributed by atoms with Gasteiger partial charge < -0.3 is 15.8 Å². The van der Waals surface area contributed by atoms with E-state index in [-0.39, 0.29) is 5.91 Å². The first-order chi connectivity index (χ1) is 8.41. The molecule has 0 saturated heterocycles. The number of nitrogens with one attached hydrogen (secondary N) is 1. The summed E-state index contributed by atoms with van der Waals surface area (Å²) in [5.41, 5.74) is 9.00. The molecule has 0 aliphatic rings. The van der Waals surface area contributed by atoms with Crippen LogP contribution in [0.4, 0.5) is 0 Å². The number of aryl methyl sites for hydroxylation is 3. The van der Waals surface area contributed by atoms with Gasteiger partial charge in [0.15, 0.2) is 0 Å². The van der Waals surface area contributed by atoms with E-state index in [0.717, 1.165) is 11.3 Å². The van der Waals surface area contributed by atoms with Crippen LogP contribution in [-0.2, 0) is 4.79 Å². The molecule has 0 radical (unpaired) electrons. The molecule has 100 valence electrons. The largest absolute Gasteiger partial charge is 0.491 e. The summed E-state index contributed by atoms with van der Waals surface area (Å²) in [5, 5.41) is 2.71. The highest BCUT2D eigenvalue weighted by atomic mass is 16.5. The van der Waals surface area contributed by atoms with Crippen LogP contribution in [0.15, 0.2) is 12.1 Å². The van der Waals surface area contributed by atoms with Gasteiger partial charge in [0.25, 0.3) is 0 Å². The van der Waals surface area contributed by atoms with E-state index in [1.54, 1.807) is 6.92 Å². The van der Waals surface area contributed by atoms with Crippen molar-refractivity contribution in [3.05, 3.63) is 28.8 Å². The van der Waals surface area contributed by atoms with Crippen LogP contribution in [0.3, 0.4) is 0 Å². The maximum absolute atomic E-state index is 11.2. The van der Waals surface area contributed by atoms with Gasteiger partial charge in [0, 0.05) is 0 Å². The number of benzene rings is 1. The second-order valence-electron chi connectivity index (χ2n) is 4.63. The van der Waals surface area contributed by atoms with Crippen LogP contribution < -0.4 is 15.8 Å². The zero-order valence-electron chi connectivity index (χ0n) is 11.5. The highest BCUT2D eigenvalue weighted by Crippen LogP contribution is 2.22. The Morgan fingerprint density at radius 1 is 1.28 bits per heavy atom. The minimum Gasteiger partial charge on any atom is -0.491 e. The van der Waals surface area contributed by atoms with Crippen LogP contribution in [0, 0.1) is 20.8 Å². The molecule has 0 heterocycles. The highest BCUT2D eigenvalue weighted by Gasteiger charge is 2.06. The highest BCUT2D eigenvalue weighted by molar-refractivity contribution is 5.80. The summed E-state index contributed by atoms with van der Waals surface area (Å²) in [7, 11) is 0. The van der Waals surface area contributed by atoms with Gasteiger partial charge in [-0.3, -0.25) is 4.79 Å². The fraction of sp³-hybridized carbons (Fsp3) is 0.500. The molecule has 1 aromatic carbocycles. The molecule has 18 heavy (non-hydrogen) atoms. The van der Waals surface area contributed by atoms with Crippen LogP contribution in [0.2, 0.25) is 0 Å². The van der Waals surface area contributed by atoms with Gasteiger partial charge >= 0.3 is 0 Å². The first-order valence-corrected chi connectivity index (χ1v) is 6.15. The summed E-state index contributed by atoms with van der Waals surface area (Å²) < 4.78 is 5.65. The molecule has 0 fully saturated rings. The Hall–Kier alpha value is -1.55. The number of amides is 1. The third kappa shape index (κ3) is 4.04. The standard InChI is InChI=1S/C14H22N2O2/c1-9-7-11(3)13(8-10(9)2)18-6-5-16-14(17)12(4)15/h7-8,12H,5-6,15H2,1-4H3,(H,16,17). The quantitative estimate of drug-likeness (QED) is 0.777. The number of carbonyl (C=O) groups is 1. The Labute approximate surface area is 109 Å². The predicted octanol–water partition coefficient (Wildman–Crippen LogP) is 1.45. The Kier molecular flexibility index (Phi) is 5.16. The molecule has 1 atom stereocenters. The molecule has 0 aliphatic heterocycles. The SMILES string of the molecule is Cc1cc(C)c(OCCNC(=O)C(C)N)cc1C. The van der Waals surface area contributed by atoms with Crippen molar-refractivity contribution < 1.29 is 9.53 Å². The summed E-state index contributed by atoms with van der Waals surface area (Å²) in [6, 6.07) is 3.65. The van der Waals surface area contributed by atoms with Crippen molar-refractivity contribution in [1.29, 1.82) is 0 Å². The average Bonchev–Trinajstić information content (AvgIpc) is 2.30. The van der Waals surface area contributed by atoms with Crippen molar-refractivity contribution in [2.45, 2.75) is 33.7 Å². The molecule has 1 amide bonds. The molecule has 0 saturated carbocycles. The smallest absolute Gasteiger partial charge is 0.236 e. The van der Waals surface area contributed by atoms with Crippen molar-refractivity contribution in [2.75, 3.05) is 13.2 Å². The Morgan fingerprint density at radius 3 is 2.50 bits per heavy atom. The Morgan fingerprint density at radius 2 is 1.89 bits per heavy atom. The lowest BCUT2D eigenvalue weighted by Gasteiger charge is -2.12. The number of carbonyl (C=O) groups excluding carboxylic acids is 1. The normalized spacial score (nSPS) is 12.1. The second-order valence-corrected chi connectivity index (χ2v) is 4.63. The summed E-state index contributed by atoms with van der Waals surface area (Å²) in [5.74, 6) is 0.712. The maximum atomic E-state index is 11.2. The Balaban J connectivity index is 2.45. The van der Waals surface area contributed by atoms with Gasteiger partial charge in [-0.1, -0.05) is 6.07 Å². The number of hydrogen-bond donors (Lipinski definition) is 2. The van der Waals surface area contributed by atoms with Crippen LogP contribution in [0.5, 0.6) is 5.75 Å². The minimum absolute atomic E-state index is 0.157. The zero-order chi connectivity index (χ0) is 13.7. The molecular formula is C14H22N2O2. The number of nitrogens with two attached hydrogens (primary N) is 1. The van der Waals surface area contributed by atoms with Gasteiger partial charge in [-0.15, -0.1) is 0 Å². The van der Waals surface area contributed by atoms with Crippen molar-refractivity contribution in [3.8, 4) is 5.75 Å². The third-order valence-corrected chi connectivity index (χ3v) is 2.86. The molecule has 0 aliphatic carbocycles. The Bertz CT molecular complexity index is 428. The van der Waals surface area contributed by atoms with Gasteiger partial charge in [-0.25, -0.2) is 0 Å². The van der Waals surface area contributed by atoms with E-state index in [9.17, 15) is 4.79 Å². The predicted molar refractivity (Wildman–Crippen MR) is 72.8 cm³/mol. The lowest BCUT2D eigenvalue weighted by atomic mass is 10.1. The summed E-state index contributed by atoms with van der Waals surface area (Å²) in [6.45, 7) is 8.72. The topological polar surface area (TPSA) is 64.3 Å². The average molecular weight is 250 g/mol. The van der Waals surface area contributed by atoms with E-state index in [2.05, 4.69) is 25.2 Å². The van der Waals surface area contributed by atoms with Crippen LogP contribution in [0.1, 0.15) is 23.6 Å². The van der Waals surface area contributed by atoms with Gasteiger partial charge in [0.05, 0.1) is 12.6 Å². The van der Waals surface area contributed by atoms with Gasteiger partial charge in [-0.2, -0.15) is 0 Å². The molecule has 4 nitrogen and oxygen atoms in total. The monoisotopic (exact) mass is 250 g/mol. The third-order valence-electron chi connectivity index (χ3n) is 2.86. The first-order valence-electron chi connectivity index (χ1n) is 6.15. The lowest BCUT2D eigenvalue weighted by Crippen LogP contribution is -2.40. The first kappa shape index (κ1) is 14.5. The maximum Gasteiger partial charge on any atom is 0.236 e. The molecule has 1 unspecified atom stereocenters. The van der Waals surface area contributed by atoms with E-state index in [1.165, 1.54) is 11.1 Å². The van der Waals surface area contributed by atoms with E-state index >= 15 is 0 Å². The molecule has 4 heteroatoms. The molecule has 0 bridgehead atoms. The second kappa shape index (κ2) is 6.40. The summed E-state index contributed by atoms with van der Waals surface area (Å²) >= 11 is 0. The van der Waals surface area contributed by atoms with Crippen LogP contribution in [-0.4, -0.2) is 25.1 Å². The van der Waals surface area contributed by atoms with Crippen molar-refractivity contribution >= 4 is 5.91 Å². The fourth-order valence-corrected chi connectivity index (χ4v) is 1.59. The lowest BCUT2D eigenvalue weighted by molar-refractivity contribution is -0.122. The number of ether oxygens (including phenoxy) is 1. The van der Waals surface area contributed by atoms with Crippen molar-refractivity contribution in [2.24, 2.45) is 5.73 Å². The van der Waals surface area contributed by atoms with Crippen molar-refractivity contribution in [3.63, 3.8) is 0 Å². The van der Waals surface area contributed by atoms with Gasteiger partial charge in [0.1, 0.15) is 12.4 Å². The van der Waals surface area contributed by atoms with E-state index in [0.29, 0.717) is 13.2 Å². The van der Waals surface area contributed by atoms with Crippen molar-refractivity contribution in [1.82, 2.24) is 5.32 Å².